The van der Waals surface area contributed by atoms with E-state index in [-0.39, 0.29) is 5.91 Å². The third-order valence-electron chi connectivity index (χ3n) is 3.49. The van der Waals surface area contributed by atoms with Crippen molar-refractivity contribution in [1.29, 1.82) is 0 Å². The zero-order valence-corrected chi connectivity index (χ0v) is 9.26. The molecule has 2 heterocycles. The second-order valence-corrected chi connectivity index (χ2v) is 4.91. The van der Waals surface area contributed by atoms with E-state index in [0.29, 0.717) is 24.7 Å². The highest BCUT2D eigenvalue weighted by Gasteiger charge is 2.53. The van der Waals surface area contributed by atoms with Gasteiger partial charge in [-0.15, -0.1) is 0 Å². The number of carbonyl (C=O) groups is 1. The molecule has 0 unspecified atom stereocenters. The van der Waals surface area contributed by atoms with E-state index < -0.39 is 5.60 Å². The van der Waals surface area contributed by atoms with E-state index in [1.54, 1.807) is 28.9 Å². The molecule has 1 aromatic heterocycles. The molecule has 2 fully saturated rings. The summed E-state index contributed by atoms with van der Waals surface area (Å²) >= 11 is 0. The number of amides is 1. The van der Waals surface area contributed by atoms with Gasteiger partial charge in [0.1, 0.15) is 11.3 Å². The monoisotopic (exact) mass is 221 g/mol. The Morgan fingerprint density at radius 3 is 2.75 bits per heavy atom. The molecule has 86 valence electrons. The first-order valence-corrected chi connectivity index (χ1v) is 5.60. The molecule has 0 aromatic carbocycles. The number of hydrogen-bond donors (Lipinski definition) is 1. The van der Waals surface area contributed by atoms with E-state index in [2.05, 4.69) is 5.10 Å². The van der Waals surface area contributed by atoms with Gasteiger partial charge in [0.25, 0.3) is 5.91 Å². The predicted molar refractivity (Wildman–Crippen MR) is 56.8 cm³/mol. The van der Waals surface area contributed by atoms with E-state index in [9.17, 15) is 9.90 Å². The second kappa shape index (κ2) is 3.07. The summed E-state index contributed by atoms with van der Waals surface area (Å²) < 4.78 is 1.61. The molecule has 1 aliphatic carbocycles. The molecular weight excluding hydrogens is 206 g/mol. The smallest absolute Gasteiger partial charge is 0.274 e. The molecule has 1 aromatic rings. The van der Waals surface area contributed by atoms with Crippen molar-refractivity contribution in [1.82, 2.24) is 14.7 Å². The number of aromatic nitrogens is 2. The van der Waals surface area contributed by atoms with Crippen LogP contribution >= 0.6 is 0 Å². The van der Waals surface area contributed by atoms with Crippen LogP contribution in [0.5, 0.6) is 0 Å². The van der Waals surface area contributed by atoms with Crippen LogP contribution in [-0.4, -0.2) is 44.4 Å². The first-order chi connectivity index (χ1) is 7.58. The fourth-order valence-electron chi connectivity index (χ4n) is 2.33. The van der Waals surface area contributed by atoms with Crippen molar-refractivity contribution >= 4 is 5.91 Å². The summed E-state index contributed by atoms with van der Waals surface area (Å²) in [6, 6.07) is 1.71. The topological polar surface area (TPSA) is 58.4 Å². The van der Waals surface area contributed by atoms with Gasteiger partial charge in [-0.2, -0.15) is 5.10 Å². The van der Waals surface area contributed by atoms with Crippen LogP contribution in [0.1, 0.15) is 23.3 Å². The summed E-state index contributed by atoms with van der Waals surface area (Å²) in [4.78, 5) is 13.6. The lowest BCUT2D eigenvalue weighted by atomic mass is 9.88. The third-order valence-corrected chi connectivity index (χ3v) is 3.49. The molecular formula is C11H15N3O2. The second-order valence-electron chi connectivity index (χ2n) is 4.91. The minimum Gasteiger partial charge on any atom is -0.386 e. The van der Waals surface area contributed by atoms with E-state index in [1.807, 2.05) is 0 Å². The van der Waals surface area contributed by atoms with Crippen LogP contribution in [0.2, 0.25) is 0 Å². The SMILES string of the molecule is Cn1ccc(C(=O)N2CC(O)(C3CC3)C2)n1. The minimum atomic E-state index is -0.607. The zero-order valence-electron chi connectivity index (χ0n) is 9.26. The van der Waals surface area contributed by atoms with Crippen molar-refractivity contribution in [3.05, 3.63) is 18.0 Å². The van der Waals surface area contributed by atoms with Crippen molar-refractivity contribution in [3.63, 3.8) is 0 Å². The van der Waals surface area contributed by atoms with Gasteiger partial charge >= 0.3 is 0 Å². The van der Waals surface area contributed by atoms with Crippen molar-refractivity contribution in [3.8, 4) is 0 Å². The third kappa shape index (κ3) is 1.43. The Morgan fingerprint density at radius 1 is 1.56 bits per heavy atom. The van der Waals surface area contributed by atoms with Gasteiger partial charge in [-0.05, 0) is 24.8 Å². The summed E-state index contributed by atoms with van der Waals surface area (Å²) in [5.41, 5.74) is -0.148. The van der Waals surface area contributed by atoms with Crippen LogP contribution in [0.25, 0.3) is 0 Å². The number of rotatable bonds is 2. The minimum absolute atomic E-state index is 0.0778. The number of hydrogen-bond acceptors (Lipinski definition) is 3. The van der Waals surface area contributed by atoms with Crippen molar-refractivity contribution in [2.24, 2.45) is 13.0 Å². The Hall–Kier alpha value is -1.36. The molecule has 3 rings (SSSR count). The first kappa shape index (κ1) is 9.84. The zero-order chi connectivity index (χ0) is 11.3. The number of likely N-dealkylation sites (tertiary alicyclic amines) is 1. The predicted octanol–water partition coefficient (Wildman–Crippen LogP) is 0.0170. The Morgan fingerprint density at radius 2 is 2.25 bits per heavy atom. The van der Waals surface area contributed by atoms with Crippen LogP contribution < -0.4 is 0 Å². The van der Waals surface area contributed by atoms with Gasteiger partial charge in [-0.3, -0.25) is 9.48 Å². The van der Waals surface area contributed by atoms with E-state index in [4.69, 9.17) is 0 Å². The van der Waals surface area contributed by atoms with Crippen LogP contribution in [-0.2, 0) is 7.05 Å². The fraction of sp³-hybridized carbons (Fsp3) is 0.636. The summed E-state index contributed by atoms with van der Waals surface area (Å²) in [7, 11) is 1.79. The molecule has 2 aliphatic rings. The maximum absolute atomic E-state index is 11.9. The molecule has 0 bridgehead atoms. The van der Waals surface area contributed by atoms with Gasteiger partial charge in [0, 0.05) is 13.2 Å². The average molecular weight is 221 g/mol. The van der Waals surface area contributed by atoms with E-state index in [1.165, 1.54) is 0 Å². The Labute approximate surface area is 93.7 Å². The number of β-amino-alcohol motifs (C(OH)–C–C–N with tert-alkyl or cyclic N) is 1. The number of aryl methyl sites for hydroxylation is 1. The van der Waals surface area contributed by atoms with Gasteiger partial charge in [-0.1, -0.05) is 0 Å². The lowest BCUT2D eigenvalue weighted by Crippen LogP contribution is -2.64. The fourth-order valence-corrected chi connectivity index (χ4v) is 2.33. The van der Waals surface area contributed by atoms with Gasteiger partial charge in [-0.25, -0.2) is 0 Å². The van der Waals surface area contributed by atoms with Gasteiger partial charge in [0.2, 0.25) is 0 Å². The van der Waals surface area contributed by atoms with Crippen LogP contribution in [0.15, 0.2) is 12.3 Å². The molecule has 1 saturated heterocycles. The number of nitrogens with zero attached hydrogens (tertiary/aromatic N) is 3. The lowest BCUT2D eigenvalue weighted by Gasteiger charge is -2.46. The molecule has 1 saturated carbocycles. The Kier molecular flexibility index (Phi) is 1.89. The van der Waals surface area contributed by atoms with E-state index in [0.717, 1.165) is 12.8 Å². The van der Waals surface area contributed by atoms with Gasteiger partial charge < -0.3 is 10.0 Å². The molecule has 1 aliphatic heterocycles. The highest BCUT2D eigenvalue weighted by molar-refractivity contribution is 5.93. The maximum Gasteiger partial charge on any atom is 0.274 e. The maximum atomic E-state index is 11.9. The molecule has 5 nitrogen and oxygen atoms in total. The summed E-state index contributed by atoms with van der Waals surface area (Å²) in [6.45, 7) is 0.931. The molecule has 5 heteroatoms. The van der Waals surface area contributed by atoms with Crippen molar-refractivity contribution in [2.75, 3.05) is 13.1 Å². The normalized spacial score (nSPS) is 23.0. The average Bonchev–Trinajstić information content (AvgIpc) is 2.96. The lowest BCUT2D eigenvalue weighted by molar-refractivity contribution is -0.0959. The Bertz CT molecular complexity index is 430. The Balaban J connectivity index is 1.66. The molecule has 0 atom stereocenters. The van der Waals surface area contributed by atoms with Crippen LogP contribution in [0, 0.1) is 5.92 Å². The molecule has 0 radical (unpaired) electrons. The molecule has 1 amide bonds. The van der Waals surface area contributed by atoms with Crippen LogP contribution in [0.4, 0.5) is 0 Å². The molecule has 0 spiro atoms. The summed E-state index contributed by atoms with van der Waals surface area (Å²) in [5.74, 6) is 0.339. The number of aliphatic hydroxyl groups is 1. The highest BCUT2D eigenvalue weighted by Crippen LogP contribution is 2.44. The van der Waals surface area contributed by atoms with Gasteiger partial charge in [0.05, 0.1) is 13.1 Å². The first-order valence-electron chi connectivity index (χ1n) is 5.60. The largest absolute Gasteiger partial charge is 0.386 e. The van der Waals surface area contributed by atoms with Crippen molar-refractivity contribution < 1.29 is 9.90 Å². The summed E-state index contributed by atoms with van der Waals surface area (Å²) in [5, 5.41) is 14.2. The van der Waals surface area contributed by atoms with Crippen molar-refractivity contribution in [2.45, 2.75) is 18.4 Å². The van der Waals surface area contributed by atoms with E-state index >= 15 is 0 Å². The highest BCUT2D eigenvalue weighted by atomic mass is 16.3. The summed E-state index contributed by atoms with van der Waals surface area (Å²) in [6.07, 6.45) is 3.95. The quantitative estimate of drug-likeness (QED) is 0.765. The standard InChI is InChI=1S/C11H15N3O2/c1-13-5-4-9(12-13)10(15)14-6-11(16,7-14)8-2-3-8/h4-5,8,16H,2-3,6-7H2,1H3. The molecule has 16 heavy (non-hydrogen) atoms. The number of carbonyl (C=O) groups excluding carboxylic acids is 1. The molecule has 1 N–H and O–H groups in total. The van der Waals surface area contributed by atoms with Crippen LogP contribution in [0.3, 0.4) is 0 Å². The van der Waals surface area contributed by atoms with Gasteiger partial charge in [0.15, 0.2) is 0 Å².